The number of aliphatic hydroxyl groups is 1. The van der Waals surface area contributed by atoms with Crippen LogP contribution in [0.5, 0.6) is 0 Å². The topological polar surface area (TPSA) is 64.6 Å². The second kappa shape index (κ2) is 6.63. The first-order valence-corrected chi connectivity index (χ1v) is 9.28. The number of hydrogen-bond donors (Lipinski definition) is 3. The highest BCUT2D eigenvalue weighted by molar-refractivity contribution is 5.93. The summed E-state index contributed by atoms with van der Waals surface area (Å²) < 4.78 is 0. The van der Waals surface area contributed by atoms with Crippen LogP contribution in [-0.2, 0) is 0 Å². The Morgan fingerprint density at radius 3 is 2.71 bits per heavy atom. The van der Waals surface area contributed by atoms with Crippen molar-refractivity contribution in [1.82, 2.24) is 5.32 Å². The van der Waals surface area contributed by atoms with E-state index in [4.69, 9.17) is 0 Å². The molecule has 24 heavy (non-hydrogen) atoms. The third-order valence-corrected chi connectivity index (χ3v) is 6.20. The molecule has 1 aromatic carbocycles. The fourth-order valence-electron chi connectivity index (χ4n) is 5.02. The normalized spacial score (nSPS) is 31.5. The van der Waals surface area contributed by atoms with Gasteiger partial charge < -0.3 is 20.6 Å². The van der Waals surface area contributed by atoms with E-state index in [1.165, 1.54) is 25.7 Å². The Labute approximate surface area is 143 Å². The summed E-state index contributed by atoms with van der Waals surface area (Å²) in [6.07, 6.45) is 5.96. The Morgan fingerprint density at radius 1 is 1.17 bits per heavy atom. The zero-order valence-electron chi connectivity index (χ0n) is 14.1. The molecular formula is C19H27N3O2. The maximum atomic E-state index is 12.6. The van der Waals surface area contributed by atoms with Gasteiger partial charge in [-0.15, -0.1) is 0 Å². The van der Waals surface area contributed by atoms with Crippen LogP contribution in [-0.4, -0.2) is 36.9 Å². The minimum atomic E-state index is -0.141. The van der Waals surface area contributed by atoms with E-state index < -0.39 is 0 Å². The lowest BCUT2D eigenvalue weighted by atomic mass is 9.85. The smallest absolute Gasteiger partial charge is 0.319 e. The van der Waals surface area contributed by atoms with Gasteiger partial charge in [-0.25, -0.2) is 4.79 Å². The van der Waals surface area contributed by atoms with Crippen LogP contribution in [0.2, 0.25) is 0 Å². The minimum absolute atomic E-state index is 0.118. The monoisotopic (exact) mass is 329 g/mol. The molecule has 5 heteroatoms. The summed E-state index contributed by atoms with van der Waals surface area (Å²) in [5, 5.41) is 15.9. The maximum absolute atomic E-state index is 12.6. The molecule has 1 aliphatic heterocycles. The number of benzene rings is 1. The van der Waals surface area contributed by atoms with Gasteiger partial charge in [0.15, 0.2) is 0 Å². The molecule has 3 aliphatic rings. The lowest BCUT2D eigenvalue weighted by Gasteiger charge is -2.30. The number of amides is 2. The van der Waals surface area contributed by atoms with E-state index in [0.717, 1.165) is 30.9 Å². The summed E-state index contributed by atoms with van der Waals surface area (Å²) in [5.41, 5.74) is 1.98. The van der Waals surface area contributed by atoms with Crippen molar-refractivity contribution in [3.8, 4) is 0 Å². The third-order valence-electron chi connectivity index (χ3n) is 6.20. The first-order chi connectivity index (χ1) is 11.8. The molecular weight excluding hydrogens is 302 g/mol. The van der Waals surface area contributed by atoms with Crippen LogP contribution in [0.15, 0.2) is 24.3 Å². The van der Waals surface area contributed by atoms with Gasteiger partial charge in [-0.3, -0.25) is 0 Å². The number of rotatable bonds is 4. The molecule has 0 spiro atoms. The first kappa shape index (κ1) is 15.8. The van der Waals surface area contributed by atoms with Crippen molar-refractivity contribution in [2.75, 3.05) is 29.9 Å². The van der Waals surface area contributed by atoms with Crippen molar-refractivity contribution in [2.24, 2.45) is 17.8 Å². The highest BCUT2D eigenvalue weighted by atomic mass is 16.3. The number of aliphatic hydroxyl groups excluding tert-OH is 1. The number of nitrogens with one attached hydrogen (secondary N) is 2. The van der Waals surface area contributed by atoms with Crippen molar-refractivity contribution in [3.63, 3.8) is 0 Å². The van der Waals surface area contributed by atoms with E-state index in [0.29, 0.717) is 11.8 Å². The lowest BCUT2D eigenvalue weighted by molar-refractivity contribution is 0.146. The van der Waals surface area contributed by atoms with Gasteiger partial charge >= 0.3 is 6.03 Å². The zero-order chi connectivity index (χ0) is 16.5. The van der Waals surface area contributed by atoms with Crippen LogP contribution in [0.1, 0.15) is 32.1 Å². The second-order valence-corrected chi connectivity index (χ2v) is 7.52. The lowest BCUT2D eigenvalue weighted by Crippen LogP contribution is -2.47. The van der Waals surface area contributed by atoms with E-state index in [-0.39, 0.29) is 24.6 Å². The average molecular weight is 329 g/mol. The van der Waals surface area contributed by atoms with Crippen molar-refractivity contribution in [3.05, 3.63) is 24.3 Å². The number of urea groups is 1. The SMILES string of the molecule is O=C(Nc1ccccc1N1CCCC1)NC1C2CCC(C2)C1CO. The van der Waals surface area contributed by atoms with Gasteiger partial charge in [0.25, 0.3) is 0 Å². The quantitative estimate of drug-likeness (QED) is 0.796. The molecule has 130 valence electrons. The maximum Gasteiger partial charge on any atom is 0.319 e. The molecule has 4 atom stereocenters. The Hall–Kier alpha value is -1.75. The van der Waals surface area contributed by atoms with Crippen molar-refractivity contribution >= 4 is 17.4 Å². The summed E-state index contributed by atoms with van der Waals surface area (Å²) in [6, 6.07) is 8.01. The number of nitrogens with zero attached hydrogens (tertiary/aromatic N) is 1. The summed E-state index contributed by atoms with van der Waals surface area (Å²) in [4.78, 5) is 14.9. The zero-order valence-corrected chi connectivity index (χ0v) is 14.1. The number of carbonyl (C=O) groups excluding carboxylic acids is 1. The highest BCUT2D eigenvalue weighted by Gasteiger charge is 2.47. The van der Waals surface area contributed by atoms with Gasteiger partial charge in [0.1, 0.15) is 0 Å². The molecule has 2 amide bonds. The van der Waals surface area contributed by atoms with Gasteiger partial charge in [0.2, 0.25) is 0 Å². The van der Waals surface area contributed by atoms with Gasteiger partial charge in [0, 0.05) is 31.7 Å². The van der Waals surface area contributed by atoms with Crippen LogP contribution in [0.3, 0.4) is 0 Å². The largest absolute Gasteiger partial charge is 0.396 e. The van der Waals surface area contributed by atoms with E-state index >= 15 is 0 Å². The first-order valence-electron chi connectivity index (χ1n) is 9.28. The minimum Gasteiger partial charge on any atom is -0.396 e. The molecule has 0 radical (unpaired) electrons. The van der Waals surface area contributed by atoms with E-state index in [9.17, 15) is 9.90 Å². The summed E-state index contributed by atoms with van der Waals surface area (Å²) in [6.45, 7) is 2.29. The molecule has 0 aromatic heterocycles. The molecule has 1 heterocycles. The van der Waals surface area contributed by atoms with Crippen molar-refractivity contribution in [1.29, 1.82) is 0 Å². The number of fused-ring (bicyclic) bond motifs is 2. The molecule has 1 aromatic rings. The Balaban J connectivity index is 1.43. The predicted molar refractivity (Wildman–Crippen MR) is 95.2 cm³/mol. The number of para-hydroxylation sites is 2. The number of hydrogen-bond acceptors (Lipinski definition) is 3. The molecule has 2 bridgehead atoms. The fraction of sp³-hybridized carbons (Fsp3) is 0.632. The predicted octanol–water partition coefficient (Wildman–Crippen LogP) is 2.82. The highest BCUT2D eigenvalue weighted by Crippen LogP contribution is 2.48. The molecule has 3 fully saturated rings. The molecule has 2 aliphatic carbocycles. The Bertz CT molecular complexity index is 600. The Kier molecular flexibility index (Phi) is 4.35. The van der Waals surface area contributed by atoms with Gasteiger partial charge in [-0.2, -0.15) is 0 Å². The van der Waals surface area contributed by atoms with Crippen molar-refractivity contribution in [2.45, 2.75) is 38.1 Å². The summed E-state index contributed by atoms with van der Waals surface area (Å²) in [7, 11) is 0. The van der Waals surface area contributed by atoms with Crippen LogP contribution in [0.4, 0.5) is 16.2 Å². The fourth-order valence-corrected chi connectivity index (χ4v) is 5.02. The average Bonchev–Trinajstić information content (AvgIpc) is 3.32. The molecule has 1 saturated heterocycles. The number of carbonyl (C=O) groups is 1. The second-order valence-electron chi connectivity index (χ2n) is 7.52. The van der Waals surface area contributed by atoms with E-state index in [1.54, 1.807) is 0 Å². The van der Waals surface area contributed by atoms with E-state index in [1.807, 2.05) is 18.2 Å². The molecule has 5 nitrogen and oxygen atoms in total. The van der Waals surface area contributed by atoms with Crippen LogP contribution in [0, 0.1) is 17.8 Å². The van der Waals surface area contributed by atoms with Crippen LogP contribution < -0.4 is 15.5 Å². The standard InChI is InChI=1S/C19H27N3O2/c23-12-15-13-7-8-14(11-13)18(15)21-19(24)20-16-5-1-2-6-17(16)22-9-3-4-10-22/h1-2,5-6,13-15,18,23H,3-4,7-12H2,(H2,20,21,24). The van der Waals surface area contributed by atoms with Gasteiger partial charge in [-0.05, 0) is 56.1 Å². The van der Waals surface area contributed by atoms with Crippen LogP contribution >= 0.6 is 0 Å². The molecule has 4 rings (SSSR count). The van der Waals surface area contributed by atoms with Gasteiger partial charge in [-0.1, -0.05) is 12.1 Å². The Morgan fingerprint density at radius 2 is 1.92 bits per heavy atom. The molecule has 4 unspecified atom stereocenters. The summed E-state index contributed by atoms with van der Waals surface area (Å²) >= 11 is 0. The molecule has 3 N–H and O–H groups in total. The van der Waals surface area contributed by atoms with Gasteiger partial charge in [0.05, 0.1) is 11.4 Å². The molecule has 2 saturated carbocycles. The summed E-state index contributed by atoms with van der Waals surface area (Å²) in [5.74, 6) is 1.34. The third kappa shape index (κ3) is 2.86. The number of anilines is 2. The van der Waals surface area contributed by atoms with Crippen molar-refractivity contribution < 1.29 is 9.90 Å². The van der Waals surface area contributed by atoms with E-state index in [2.05, 4.69) is 21.6 Å². The van der Waals surface area contributed by atoms with Crippen LogP contribution in [0.25, 0.3) is 0 Å².